The van der Waals surface area contributed by atoms with E-state index in [1.54, 1.807) is 6.92 Å². The molecule has 23 heavy (non-hydrogen) atoms. The number of fused-ring (bicyclic) bond motifs is 1. The second-order valence-corrected chi connectivity index (χ2v) is 7.55. The van der Waals surface area contributed by atoms with Crippen LogP contribution in [0.1, 0.15) is 23.1 Å². The molecule has 1 spiro atoms. The molecule has 0 aromatic carbocycles. The van der Waals surface area contributed by atoms with Crippen LogP contribution in [0.4, 0.5) is 5.82 Å². The highest BCUT2D eigenvalue weighted by Gasteiger charge is 2.47. The summed E-state index contributed by atoms with van der Waals surface area (Å²) in [5.74, 6) is 0.616. The van der Waals surface area contributed by atoms with Crippen LogP contribution in [0.3, 0.4) is 0 Å². The molecule has 2 aromatic heterocycles. The molecular weight excluding hydrogens is 312 g/mol. The van der Waals surface area contributed by atoms with Gasteiger partial charge in [0.15, 0.2) is 0 Å². The number of anilines is 1. The predicted octanol–water partition coefficient (Wildman–Crippen LogP) is 2.01. The van der Waals surface area contributed by atoms with E-state index >= 15 is 0 Å². The number of likely N-dealkylation sites (tertiary alicyclic amines) is 1. The minimum Gasteiger partial charge on any atom is -0.461 e. The van der Waals surface area contributed by atoms with Crippen LogP contribution in [-0.2, 0) is 4.74 Å². The molecule has 4 rings (SSSR count). The van der Waals surface area contributed by atoms with Crippen molar-refractivity contribution in [3.05, 3.63) is 17.1 Å². The molecule has 6 nitrogen and oxygen atoms in total. The molecule has 0 bridgehead atoms. The second kappa shape index (κ2) is 5.42. The average molecular weight is 332 g/mol. The van der Waals surface area contributed by atoms with Gasteiger partial charge in [-0.05, 0) is 39.1 Å². The molecule has 0 N–H and O–H groups in total. The molecule has 2 fully saturated rings. The number of rotatable bonds is 3. The molecule has 2 aliphatic rings. The van der Waals surface area contributed by atoms with Gasteiger partial charge in [-0.2, -0.15) is 0 Å². The van der Waals surface area contributed by atoms with Gasteiger partial charge in [0.05, 0.1) is 6.61 Å². The largest absolute Gasteiger partial charge is 0.461 e. The van der Waals surface area contributed by atoms with Gasteiger partial charge in [-0.3, -0.25) is 0 Å². The summed E-state index contributed by atoms with van der Waals surface area (Å²) in [5.41, 5.74) is 1.22. The van der Waals surface area contributed by atoms with Crippen molar-refractivity contribution in [2.24, 2.45) is 5.41 Å². The van der Waals surface area contributed by atoms with Gasteiger partial charge in [-0.25, -0.2) is 14.8 Å². The first kappa shape index (κ1) is 14.8. The Labute approximate surface area is 139 Å². The van der Waals surface area contributed by atoms with Crippen molar-refractivity contribution in [1.82, 2.24) is 14.9 Å². The number of nitrogens with zero attached hydrogens (tertiary/aromatic N) is 4. The molecule has 0 atom stereocenters. The standard InChI is InChI=1S/C16H20N4O2S/c1-3-22-15(21)14-17-11-4-5-12(18-13(11)23-14)20-9-16(10-20)6-7-19(2)8-16/h4-5H,3,6-10H2,1-2H3. The van der Waals surface area contributed by atoms with Crippen molar-refractivity contribution in [1.29, 1.82) is 0 Å². The molecule has 0 radical (unpaired) electrons. The van der Waals surface area contributed by atoms with Gasteiger partial charge in [0.1, 0.15) is 16.2 Å². The third kappa shape index (κ3) is 2.57. The number of ether oxygens (including phenoxy) is 1. The summed E-state index contributed by atoms with van der Waals surface area (Å²) in [6.45, 7) is 6.66. The third-order valence-electron chi connectivity index (χ3n) is 4.70. The lowest BCUT2D eigenvalue weighted by Gasteiger charge is -2.48. The SMILES string of the molecule is CCOC(=O)c1nc2ccc(N3CC4(CCN(C)C4)C3)nc2s1. The first-order valence-electron chi connectivity index (χ1n) is 7.97. The highest BCUT2D eigenvalue weighted by atomic mass is 32.1. The molecule has 2 aliphatic heterocycles. The van der Waals surface area contributed by atoms with Crippen LogP contribution >= 0.6 is 11.3 Å². The number of aromatic nitrogens is 2. The Hall–Kier alpha value is -1.73. The maximum atomic E-state index is 11.8. The quantitative estimate of drug-likeness (QED) is 0.802. The zero-order valence-corrected chi connectivity index (χ0v) is 14.2. The van der Waals surface area contributed by atoms with Gasteiger partial charge in [0.25, 0.3) is 0 Å². The number of carbonyl (C=O) groups is 1. The lowest BCUT2D eigenvalue weighted by Crippen LogP contribution is -2.57. The molecule has 0 unspecified atom stereocenters. The number of hydrogen-bond donors (Lipinski definition) is 0. The molecule has 122 valence electrons. The van der Waals surface area contributed by atoms with Crippen molar-refractivity contribution < 1.29 is 9.53 Å². The number of pyridine rings is 1. The highest BCUT2D eigenvalue weighted by Crippen LogP contribution is 2.41. The Bertz CT molecular complexity index is 754. The van der Waals surface area contributed by atoms with Gasteiger partial charge in [0.2, 0.25) is 5.01 Å². The molecule has 2 aromatic rings. The fourth-order valence-corrected chi connectivity index (χ4v) is 4.43. The number of carbonyl (C=O) groups excluding carboxylic acids is 1. The monoisotopic (exact) mass is 332 g/mol. The summed E-state index contributed by atoms with van der Waals surface area (Å²) >= 11 is 1.30. The summed E-state index contributed by atoms with van der Waals surface area (Å²) in [7, 11) is 2.19. The normalized spacial score (nSPS) is 20.2. The highest BCUT2D eigenvalue weighted by molar-refractivity contribution is 7.19. The van der Waals surface area contributed by atoms with E-state index in [2.05, 4.69) is 21.8 Å². The topological polar surface area (TPSA) is 58.6 Å². The Balaban J connectivity index is 1.52. The molecule has 0 aliphatic carbocycles. The van der Waals surface area contributed by atoms with E-state index in [0.717, 1.165) is 29.3 Å². The van der Waals surface area contributed by atoms with E-state index in [9.17, 15) is 4.79 Å². The Kier molecular flexibility index (Phi) is 3.50. The molecule has 7 heteroatoms. The van der Waals surface area contributed by atoms with Crippen LogP contribution in [0.25, 0.3) is 10.3 Å². The lowest BCUT2D eigenvalue weighted by atomic mass is 9.79. The Morgan fingerprint density at radius 2 is 2.17 bits per heavy atom. The van der Waals surface area contributed by atoms with Gasteiger partial charge in [-0.15, -0.1) is 0 Å². The minimum atomic E-state index is -0.367. The Morgan fingerprint density at radius 1 is 1.35 bits per heavy atom. The van der Waals surface area contributed by atoms with Crippen LogP contribution < -0.4 is 4.90 Å². The van der Waals surface area contributed by atoms with Crippen LogP contribution in [0.2, 0.25) is 0 Å². The maximum Gasteiger partial charge on any atom is 0.367 e. The molecule has 0 amide bonds. The van der Waals surface area contributed by atoms with Crippen molar-refractivity contribution in [3.8, 4) is 0 Å². The Morgan fingerprint density at radius 3 is 2.87 bits per heavy atom. The van der Waals surface area contributed by atoms with E-state index < -0.39 is 0 Å². The number of thiazole rings is 1. The second-order valence-electron chi connectivity index (χ2n) is 6.58. The van der Waals surface area contributed by atoms with Crippen LogP contribution in [0.5, 0.6) is 0 Å². The van der Waals surface area contributed by atoms with Crippen molar-refractivity contribution in [3.63, 3.8) is 0 Å². The zero-order chi connectivity index (χ0) is 16.0. The van der Waals surface area contributed by atoms with Gasteiger partial charge >= 0.3 is 5.97 Å². The first-order valence-corrected chi connectivity index (χ1v) is 8.78. The van der Waals surface area contributed by atoms with E-state index in [1.165, 1.54) is 30.8 Å². The fraction of sp³-hybridized carbons (Fsp3) is 0.562. The van der Waals surface area contributed by atoms with Crippen molar-refractivity contribution >= 4 is 33.5 Å². The van der Waals surface area contributed by atoms with E-state index in [1.807, 2.05) is 12.1 Å². The fourth-order valence-electron chi connectivity index (χ4n) is 3.61. The predicted molar refractivity (Wildman–Crippen MR) is 90.1 cm³/mol. The van der Waals surface area contributed by atoms with Crippen LogP contribution in [-0.4, -0.2) is 60.7 Å². The van der Waals surface area contributed by atoms with Crippen molar-refractivity contribution in [2.75, 3.05) is 44.7 Å². The minimum absolute atomic E-state index is 0.359. The summed E-state index contributed by atoms with van der Waals surface area (Å²) < 4.78 is 5.01. The smallest absolute Gasteiger partial charge is 0.367 e. The van der Waals surface area contributed by atoms with Crippen LogP contribution in [0, 0.1) is 5.41 Å². The lowest BCUT2D eigenvalue weighted by molar-refractivity contribution is 0.0526. The third-order valence-corrected chi connectivity index (χ3v) is 5.64. The van der Waals surface area contributed by atoms with Gasteiger partial charge in [0, 0.05) is 25.0 Å². The van der Waals surface area contributed by atoms with E-state index in [0.29, 0.717) is 17.0 Å². The summed E-state index contributed by atoms with van der Waals surface area (Å²) in [6.07, 6.45) is 1.27. The number of esters is 1. The average Bonchev–Trinajstić information content (AvgIpc) is 3.08. The van der Waals surface area contributed by atoms with Gasteiger partial charge in [-0.1, -0.05) is 11.3 Å². The van der Waals surface area contributed by atoms with E-state index in [-0.39, 0.29) is 5.97 Å². The molecule has 2 saturated heterocycles. The first-order chi connectivity index (χ1) is 11.1. The molecule has 4 heterocycles. The summed E-state index contributed by atoms with van der Waals surface area (Å²) in [4.78, 5) is 26.3. The number of hydrogen-bond acceptors (Lipinski definition) is 7. The van der Waals surface area contributed by atoms with Crippen molar-refractivity contribution in [2.45, 2.75) is 13.3 Å². The van der Waals surface area contributed by atoms with Crippen LogP contribution in [0.15, 0.2) is 12.1 Å². The molecule has 0 saturated carbocycles. The summed E-state index contributed by atoms with van der Waals surface area (Å²) in [6, 6.07) is 3.95. The summed E-state index contributed by atoms with van der Waals surface area (Å²) in [5, 5.41) is 0.379. The maximum absolute atomic E-state index is 11.8. The molecular formula is C16H20N4O2S. The zero-order valence-electron chi connectivity index (χ0n) is 13.4. The van der Waals surface area contributed by atoms with Gasteiger partial charge < -0.3 is 14.5 Å². The van der Waals surface area contributed by atoms with E-state index in [4.69, 9.17) is 9.72 Å².